The van der Waals surface area contributed by atoms with Crippen molar-refractivity contribution >= 4 is 35.8 Å². The molecule has 3 heterocycles. The highest BCUT2D eigenvalue weighted by Crippen LogP contribution is 2.18. The largest absolute Gasteiger partial charge is 0.379 e. The number of morpholine rings is 1. The van der Waals surface area contributed by atoms with Gasteiger partial charge in [-0.15, -0.1) is 24.0 Å². The van der Waals surface area contributed by atoms with E-state index in [1.54, 1.807) is 0 Å². The Kier molecular flexibility index (Phi) is 10.6. The quantitative estimate of drug-likeness (QED) is 0.335. The molecule has 2 aliphatic heterocycles. The Hall–Kier alpha value is -1.13. The Morgan fingerprint density at radius 3 is 2.73 bits per heavy atom. The van der Waals surface area contributed by atoms with Gasteiger partial charge < -0.3 is 20.3 Å². The van der Waals surface area contributed by atoms with Gasteiger partial charge in [0.15, 0.2) is 5.96 Å². The molecular weight excluding hydrogens is 491 g/mol. The number of ether oxygens (including phenoxy) is 1. The van der Waals surface area contributed by atoms with Crippen molar-refractivity contribution in [2.45, 2.75) is 58.7 Å². The Bertz CT molecular complexity index is 665. The van der Waals surface area contributed by atoms with E-state index in [9.17, 15) is 0 Å². The highest BCUT2D eigenvalue weighted by molar-refractivity contribution is 14.0. The zero-order chi connectivity index (χ0) is 20.6. The second-order valence-electron chi connectivity index (χ2n) is 8.27. The molecule has 0 saturated carbocycles. The van der Waals surface area contributed by atoms with Gasteiger partial charge in [-0.25, -0.2) is 4.98 Å². The number of aliphatic imine (C=N–C) groups is 1. The summed E-state index contributed by atoms with van der Waals surface area (Å²) in [5.74, 6) is 2.03. The van der Waals surface area contributed by atoms with Crippen LogP contribution >= 0.6 is 24.0 Å². The molecule has 7 nitrogen and oxygen atoms in total. The van der Waals surface area contributed by atoms with E-state index in [0.29, 0.717) is 18.1 Å². The molecule has 1 aromatic heterocycles. The van der Waals surface area contributed by atoms with Crippen LogP contribution in [0.1, 0.15) is 39.3 Å². The fourth-order valence-corrected chi connectivity index (χ4v) is 4.19. The van der Waals surface area contributed by atoms with Gasteiger partial charge in [0.25, 0.3) is 0 Å². The van der Waals surface area contributed by atoms with Crippen LogP contribution in [0.2, 0.25) is 0 Å². The highest BCUT2D eigenvalue weighted by atomic mass is 127. The molecule has 1 aromatic rings. The van der Waals surface area contributed by atoms with Gasteiger partial charge in [-0.2, -0.15) is 0 Å². The van der Waals surface area contributed by atoms with Crippen LogP contribution in [0.5, 0.6) is 0 Å². The summed E-state index contributed by atoms with van der Waals surface area (Å²) in [5.41, 5.74) is 1.08. The molecule has 0 radical (unpaired) electrons. The van der Waals surface area contributed by atoms with E-state index in [4.69, 9.17) is 9.73 Å². The minimum absolute atomic E-state index is 0. The molecule has 0 spiro atoms. The average molecular weight is 530 g/mol. The first-order valence-electron chi connectivity index (χ1n) is 11.1. The summed E-state index contributed by atoms with van der Waals surface area (Å²) >= 11 is 0. The summed E-state index contributed by atoms with van der Waals surface area (Å²) in [7, 11) is 0. The van der Waals surface area contributed by atoms with Crippen molar-refractivity contribution < 1.29 is 4.74 Å². The number of aryl methyl sites for hydroxylation is 1. The number of hydrogen-bond donors (Lipinski definition) is 2. The van der Waals surface area contributed by atoms with Gasteiger partial charge in [0.05, 0.1) is 19.8 Å². The number of anilines is 1. The molecule has 2 saturated heterocycles. The van der Waals surface area contributed by atoms with Crippen molar-refractivity contribution in [1.82, 2.24) is 20.5 Å². The number of hydrogen-bond acceptors (Lipinski definition) is 5. The van der Waals surface area contributed by atoms with E-state index in [2.05, 4.69) is 71.3 Å². The molecule has 0 aliphatic carbocycles. The molecule has 0 amide bonds. The van der Waals surface area contributed by atoms with Crippen LogP contribution < -0.4 is 15.5 Å². The van der Waals surface area contributed by atoms with Crippen LogP contribution in [-0.2, 0) is 4.74 Å². The molecule has 2 atom stereocenters. The van der Waals surface area contributed by atoms with Crippen molar-refractivity contribution in [3.63, 3.8) is 0 Å². The number of guanidine groups is 1. The monoisotopic (exact) mass is 530 g/mol. The average Bonchev–Trinajstić information content (AvgIpc) is 2.73. The fourth-order valence-electron chi connectivity index (χ4n) is 4.19. The van der Waals surface area contributed by atoms with Crippen molar-refractivity contribution in [2.75, 3.05) is 50.8 Å². The number of pyridine rings is 1. The molecule has 2 aliphatic rings. The van der Waals surface area contributed by atoms with Gasteiger partial charge >= 0.3 is 0 Å². The predicted octanol–water partition coefficient (Wildman–Crippen LogP) is 2.64. The maximum Gasteiger partial charge on any atom is 0.191 e. The normalized spacial score (nSPS) is 22.3. The van der Waals surface area contributed by atoms with Gasteiger partial charge in [0.2, 0.25) is 0 Å². The second-order valence-corrected chi connectivity index (χ2v) is 8.27. The van der Waals surface area contributed by atoms with E-state index in [1.807, 2.05) is 0 Å². The zero-order valence-corrected chi connectivity index (χ0v) is 21.3. The topological polar surface area (TPSA) is 65.0 Å². The first-order chi connectivity index (χ1) is 14.1. The number of nitrogens with one attached hydrogen (secondary N) is 2. The van der Waals surface area contributed by atoms with Crippen LogP contribution in [0.4, 0.5) is 5.82 Å². The Balaban J connectivity index is 0.00000320. The van der Waals surface area contributed by atoms with Gasteiger partial charge in [-0.1, -0.05) is 6.07 Å². The minimum atomic E-state index is 0. The molecule has 2 N–H and O–H groups in total. The van der Waals surface area contributed by atoms with Crippen LogP contribution in [0.15, 0.2) is 23.2 Å². The van der Waals surface area contributed by atoms with Crippen LogP contribution in [0.3, 0.4) is 0 Å². The number of halogens is 1. The van der Waals surface area contributed by atoms with E-state index in [0.717, 1.165) is 76.3 Å². The van der Waals surface area contributed by atoms with E-state index in [1.165, 1.54) is 0 Å². The smallest absolute Gasteiger partial charge is 0.191 e. The zero-order valence-electron chi connectivity index (χ0n) is 18.9. The predicted molar refractivity (Wildman–Crippen MR) is 135 cm³/mol. The lowest BCUT2D eigenvalue weighted by Crippen LogP contribution is -2.51. The molecule has 2 fully saturated rings. The minimum Gasteiger partial charge on any atom is -0.379 e. The van der Waals surface area contributed by atoms with E-state index >= 15 is 0 Å². The summed E-state index contributed by atoms with van der Waals surface area (Å²) in [6.45, 7) is 15.0. The number of piperidine rings is 1. The molecule has 3 rings (SSSR count). The molecular formula is C22H39IN6O. The first-order valence-corrected chi connectivity index (χ1v) is 11.1. The summed E-state index contributed by atoms with van der Waals surface area (Å²) < 4.78 is 5.56. The van der Waals surface area contributed by atoms with Gasteiger partial charge in [0, 0.05) is 50.0 Å². The van der Waals surface area contributed by atoms with Gasteiger partial charge in [-0.05, 0) is 52.7 Å². The molecule has 0 bridgehead atoms. The third-order valence-electron chi connectivity index (χ3n) is 5.88. The summed E-state index contributed by atoms with van der Waals surface area (Å²) in [5, 5.41) is 7.08. The summed E-state index contributed by atoms with van der Waals surface area (Å²) in [4.78, 5) is 14.4. The van der Waals surface area contributed by atoms with E-state index < -0.39 is 0 Å². The molecule has 0 aromatic carbocycles. The van der Waals surface area contributed by atoms with Crippen molar-refractivity contribution in [1.29, 1.82) is 0 Å². The maximum absolute atomic E-state index is 5.56. The van der Waals surface area contributed by atoms with Crippen molar-refractivity contribution in [3.8, 4) is 0 Å². The molecule has 8 heteroatoms. The number of aromatic nitrogens is 1. The maximum atomic E-state index is 5.56. The lowest BCUT2D eigenvalue weighted by molar-refractivity contribution is -0.0165. The standard InChI is InChI=1S/C22H38N6O.HI/c1-5-23-22(24-15-18(3)28-13-14-29-16-19(28)4)26-20-9-11-27(12-10-20)21-8-6-7-17(2)25-21;/h6-8,18-20H,5,9-16H2,1-4H3,(H2,23,24,26);1H. The third kappa shape index (κ3) is 7.23. The van der Waals surface area contributed by atoms with Crippen molar-refractivity contribution in [3.05, 3.63) is 23.9 Å². The lowest BCUT2D eigenvalue weighted by atomic mass is 10.1. The van der Waals surface area contributed by atoms with Gasteiger partial charge in [-0.3, -0.25) is 9.89 Å². The highest BCUT2D eigenvalue weighted by Gasteiger charge is 2.24. The van der Waals surface area contributed by atoms with Crippen LogP contribution in [0.25, 0.3) is 0 Å². The lowest BCUT2D eigenvalue weighted by Gasteiger charge is -2.37. The third-order valence-corrected chi connectivity index (χ3v) is 5.88. The first kappa shape index (κ1) is 25.1. The second kappa shape index (κ2) is 12.7. The SMILES string of the molecule is CCNC(=NCC(C)N1CCOCC1C)NC1CCN(c2cccc(C)n2)CC1.I. The molecule has 30 heavy (non-hydrogen) atoms. The number of nitrogens with zero attached hydrogens (tertiary/aromatic N) is 4. The van der Waals surface area contributed by atoms with E-state index in [-0.39, 0.29) is 24.0 Å². The van der Waals surface area contributed by atoms with Crippen LogP contribution in [-0.4, -0.2) is 79.9 Å². The molecule has 170 valence electrons. The summed E-state index contributed by atoms with van der Waals surface area (Å²) in [6.07, 6.45) is 2.19. The van der Waals surface area contributed by atoms with Crippen molar-refractivity contribution in [2.24, 2.45) is 4.99 Å². The Labute approximate surface area is 199 Å². The molecule has 2 unspecified atom stereocenters. The Morgan fingerprint density at radius 1 is 1.30 bits per heavy atom. The Morgan fingerprint density at radius 2 is 2.07 bits per heavy atom. The van der Waals surface area contributed by atoms with Gasteiger partial charge in [0.1, 0.15) is 5.82 Å². The fraction of sp³-hybridized carbons (Fsp3) is 0.727. The van der Waals surface area contributed by atoms with Crippen LogP contribution in [0, 0.1) is 6.92 Å². The summed E-state index contributed by atoms with van der Waals surface area (Å²) in [6, 6.07) is 7.58. The number of rotatable bonds is 6.